The van der Waals surface area contributed by atoms with Crippen LogP contribution in [0, 0.1) is 5.41 Å². The Kier molecular flexibility index (Phi) is 6.96. The van der Waals surface area contributed by atoms with Crippen molar-refractivity contribution < 1.29 is 30.0 Å². The summed E-state index contributed by atoms with van der Waals surface area (Å²) in [6.45, 7) is 1.46. The minimum absolute atomic E-state index is 0.267. The van der Waals surface area contributed by atoms with Gasteiger partial charge in [-0.25, -0.2) is 0 Å². The molecule has 19 heavy (non-hydrogen) atoms. The fourth-order valence-electron chi connectivity index (χ4n) is 1.79. The SMILES string of the molecule is CCC(CC)(CC(=O)NC(CO)(CO)CO)C(=O)O. The van der Waals surface area contributed by atoms with Gasteiger partial charge in [0, 0.05) is 6.42 Å². The van der Waals surface area contributed by atoms with Gasteiger partial charge in [-0.2, -0.15) is 0 Å². The summed E-state index contributed by atoms with van der Waals surface area (Å²) in [5.74, 6) is -1.68. The van der Waals surface area contributed by atoms with Crippen molar-refractivity contribution in [2.75, 3.05) is 19.8 Å². The quantitative estimate of drug-likeness (QED) is 0.372. The molecule has 0 atom stereocenters. The number of carbonyl (C=O) groups excluding carboxylic acids is 1. The van der Waals surface area contributed by atoms with Gasteiger partial charge in [0.15, 0.2) is 0 Å². The second kappa shape index (κ2) is 7.42. The van der Waals surface area contributed by atoms with E-state index < -0.39 is 42.7 Å². The molecule has 0 spiro atoms. The van der Waals surface area contributed by atoms with Gasteiger partial charge in [0.25, 0.3) is 0 Å². The molecule has 0 aliphatic rings. The van der Waals surface area contributed by atoms with Crippen LogP contribution in [0.5, 0.6) is 0 Å². The van der Waals surface area contributed by atoms with Crippen molar-refractivity contribution in [1.82, 2.24) is 5.32 Å². The Bertz CT molecular complexity index is 301. The van der Waals surface area contributed by atoms with Crippen LogP contribution in [-0.2, 0) is 9.59 Å². The molecule has 0 aromatic heterocycles. The Morgan fingerprint density at radius 2 is 1.42 bits per heavy atom. The fraction of sp³-hybridized carbons (Fsp3) is 0.833. The van der Waals surface area contributed by atoms with E-state index >= 15 is 0 Å². The Balaban J connectivity index is 4.89. The van der Waals surface area contributed by atoms with E-state index in [0.29, 0.717) is 0 Å². The first-order valence-electron chi connectivity index (χ1n) is 6.22. The first kappa shape index (κ1) is 17.8. The van der Waals surface area contributed by atoms with Crippen molar-refractivity contribution in [2.24, 2.45) is 5.41 Å². The summed E-state index contributed by atoms with van der Waals surface area (Å²) < 4.78 is 0. The minimum Gasteiger partial charge on any atom is -0.481 e. The number of nitrogens with one attached hydrogen (secondary N) is 1. The Labute approximate surface area is 112 Å². The van der Waals surface area contributed by atoms with E-state index in [2.05, 4.69) is 5.32 Å². The highest BCUT2D eigenvalue weighted by Gasteiger charge is 2.39. The van der Waals surface area contributed by atoms with Gasteiger partial charge in [-0.3, -0.25) is 9.59 Å². The lowest BCUT2D eigenvalue weighted by Gasteiger charge is -2.32. The topological polar surface area (TPSA) is 127 Å². The Morgan fingerprint density at radius 3 is 1.68 bits per heavy atom. The highest BCUT2D eigenvalue weighted by atomic mass is 16.4. The van der Waals surface area contributed by atoms with Gasteiger partial charge < -0.3 is 25.7 Å². The zero-order valence-corrected chi connectivity index (χ0v) is 11.3. The first-order valence-corrected chi connectivity index (χ1v) is 6.22. The largest absolute Gasteiger partial charge is 0.481 e. The predicted molar refractivity (Wildman–Crippen MR) is 67.4 cm³/mol. The molecular weight excluding hydrogens is 254 g/mol. The maximum atomic E-state index is 11.9. The summed E-state index contributed by atoms with van der Waals surface area (Å²) >= 11 is 0. The second-order valence-electron chi connectivity index (χ2n) is 4.77. The lowest BCUT2D eigenvalue weighted by molar-refractivity contribution is -0.153. The number of aliphatic hydroxyl groups is 3. The second-order valence-corrected chi connectivity index (χ2v) is 4.77. The lowest BCUT2D eigenvalue weighted by Crippen LogP contribution is -2.57. The monoisotopic (exact) mass is 277 g/mol. The van der Waals surface area contributed by atoms with Crippen LogP contribution in [0.1, 0.15) is 33.1 Å². The van der Waals surface area contributed by atoms with Crippen LogP contribution in [0.2, 0.25) is 0 Å². The number of carboxylic acids is 1. The van der Waals surface area contributed by atoms with Crippen molar-refractivity contribution in [1.29, 1.82) is 0 Å². The van der Waals surface area contributed by atoms with Crippen molar-refractivity contribution in [3.05, 3.63) is 0 Å². The molecule has 0 aliphatic heterocycles. The highest BCUT2D eigenvalue weighted by Crippen LogP contribution is 2.31. The maximum absolute atomic E-state index is 11.9. The average molecular weight is 277 g/mol. The molecule has 7 nitrogen and oxygen atoms in total. The van der Waals surface area contributed by atoms with Crippen LogP contribution in [0.25, 0.3) is 0 Å². The number of carbonyl (C=O) groups is 2. The number of rotatable bonds is 9. The van der Waals surface area contributed by atoms with Crippen LogP contribution in [0.3, 0.4) is 0 Å². The maximum Gasteiger partial charge on any atom is 0.310 e. The first-order chi connectivity index (χ1) is 8.85. The molecule has 0 aromatic rings. The van der Waals surface area contributed by atoms with Gasteiger partial charge in [0.2, 0.25) is 5.91 Å². The van der Waals surface area contributed by atoms with E-state index in [9.17, 15) is 14.7 Å². The molecule has 0 rings (SSSR count). The number of hydrogen-bond donors (Lipinski definition) is 5. The van der Waals surface area contributed by atoms with Gasteiger partial charge in [-0.1, -0.05) is 13.8 Å². The average Bonchev–Trinajstić information content (AvgIpc) is 2.42. The molecule has 1 amide bonds. The van der Waals surface area contributed by atoms with Crippen LogP contribution in [0.4, 0.5) is 0 Å². The van der Waals surface area contributed by atoms with Crippen LogP contribution in [0.15, 0.2) is 0 Å². The molecule has 0 fully saturated rings. The highest BCUT2D eigenvalue weighted by molar-refractivity contribution is 5.85. The Hall–Kier alpha value is -1.18. The van der Waals surface area contributed by atoms with Crippen molar-refractivity contribution in [2.45, 2.75) is 38.6 Å². The zero-order valence-electron chi connectivity index (χ0n) is 11.3. The van der Waals surface area contributed by atoms with Crippen molar-refractivity contribution >= 4 is 11.9 Å². The summed E-state index contributed by atoms with van der Waals surface area (Å²) in [5.41, 5.74) is -2.70. The summed E-state index contributed by atoms with van der Waals surface area (Å²) in [6, 6.07) is 0. The van der Waals surface area contributed by atoms with E-state index in [-0.39, 0.29) is 19.3 Å². The molecule has 0 unspecified atom stereocenters. The lowest BCUT2D eigenvalue weighted by atomic mass is 9.79. The molecule has 0 saturated heterocycles. The minimum atomic E-state index is -1.52. The van der Waals surface area contributed by atoms with E-state index in [1.807, 2.05) is 0 Å². The molecule has 0 heterocycles. The predicted octanol–water partition coefficient (Wildman–Crippen LogP) is -0.901. The molecular formula is C12H23NO6. The van der Waals surface area contributed by atoms with E-state index in [0.717, 1.165) is 0 Å². The third kappa shape index (κ3) is 4.15. The van der Waals surface area contributed by atoms with Gasteiger partial charge in [-0.05, 0) is 12.8 Å². The molecule has 0 radical (unpaired) electrons. The molecule has 0 bridgehead atoms. The van der Waals surface area contributed by atoms with Gasteiger partial charge >= 0.3 is 5.97 Å². The molecule has 0 aromatic carbocycles. The number of amides is 1. The molecule has 7 heteroatoms. The van der Waals surface area contributed by atoms with E-state index in [1.54, 1.807) is 13.8 Å². The summed E-state index contributed by atoms with van der Waals surface area (Å²) in [4.78, 5) is 23.1. The number of hydrogen-bond acceptors (Lipinski definition) is 5. The number of aliphatic hydroxyl groups excluding tert-OH is 3. The van der Waals surface area contributed by atoms with Gasteiger partial charge in [0.05, 0.1) is 25.2 Å². The van der Waals surface area contributed by atoms with Crippen LogP contribution >= 0.6 is 0 Å². The standard InChI is InChI=1S/C12H23NO6/c1-3-11(4-2,10(18)19)5-9(17)13-12(6-14,7-15)8-16/h14-16H,3-8H2,1-2H3,(H,13,17)(H,18,19). The summed E-state index contributed by atoms with van der Waals surface area (Å²) in [5, 5.41) is 38.8. The summed E-state index contributed by atoms with van der Waals surface area (Å²) in [7, 11) is 0. The van der Waals surface area contributed by atoms with E-state index in [4.69, 9.17) is 15.3 Å². The summed E-state index contributed by atoms with van der Waals surface area (Å²) in [6.07, 6.45) is 0.310. The van der Waals surface area contributed by atoms with Gasteiger partial charge in [-0.15, -0.1) is 0 Å². The van der Waals surface area contributed by atoms with Crippen LogP contribution in [-0.4, -0.2) is 57.7 Å². The number of carboxylic acid groups (broad SMARTS) is 1. The van der Waals surface area contributed by atoms with Crippen molar-refractivity contribution in [3.8, 4) is 0 Å². The molecule has 0 saturated carbocycles. The third-order valence-electron chi connectivity index (χ3n) is 3.62. The third-order valence-corrected chi connectivity index (χ3v) is 3.62. The van der Waals surface area contributed by atoms with Crippen molar-refractivity contribution in [3.63, 3.8) is 0 Å². The normalized spacial score (nSPS) is 12.3. The number of aliphatic carboxylic acids is 1. The molecule has 5 N–H and O–H groups in total. The Morgan fingerprint density at radius 1 is 1.00 bits per heavy atom. The van der Waals surface area contributed by atoms with E-state index in [1.165, 1.54) is 0 Å². The fourth-order valence-corrected chi connectivity index (χ4v) is 1.79. The molecule has 0 aliphatic carbocycles. The molecule has 112 valence electrons. The van der Waals surface area contributed by atoms with Crippen LogP contribution < -0.4 is 5.32 Å². The smallest absolute Gasteiger partial charge is 0.310 e. The van der Waals surface area contributed by atoms with Gasteiger partial charge in [0.1, 0.15) is 5.54 Å². The zero-order chi connectivity index (χ0) is 15.1.